The summed E-state index contributed by atoms with van der Waals surface area (Å²) in [5, 5.41) is 10.7. The first-order chi connectivity index (χ1) is 7.30. The molecule has 3 heteroatoms. The highest BCUT2D eigenvalue weighted by Crippen LogP contribution is 2.16. The van der Waals surface area contributed by atoms with Crippen LogP contribution in [0.15, 0.2) is 11.8 Å². The highest BCUT2D eigenvalue weighted by Gasteiger charge is 2.09. The molecule has 1 rings (SSSR count). The molecule has 0 radical (unpaired) electrons. The van der Waals surface area contributed by atoms with Crippen molar-refractivity contribution in [2.75, 3.05) is 0 Å². The summed E-state index contributed by atoms with van der Waals surface area (Å²) in [7, 11) is 0. The van der Waals surface area contributed by atoms with Crippen molar-refractivity contribution in [3.8, 4) is 0 Å². The van der Waals surface area contributed by atoms with Crippen molar-refractivity contribution in [3.05, 3.63) is 21.9 Å². The first-order valence-corrected chi connectivity index (χ1v) is 6.14. The van der Waals surface area contributed by atoms with Gasteiger partial charge in [-0.2, -0.15) is 0 Å². The van der Waals surface area contributed by atoms with Crippen LogP contribution in [0.1, 0.15) is 64.2 Å². The summed E-state index contributed by atoms with van der Waals surface area (Å²) in [6.45, 7) is 0. The van der Waals surface area contributed by atoms with E-state index in [1.54, 1.807) is 0 Å². The van der Waals surface area contributed by atoms with E-state index in [0.717, 1.165) is 25.7 Å². The molecule has 0 bridgehead atoms. The zero-order valence-corrected chi connectivity index (χ0v) is 9.41. The molecular formula is C12H21NO2. The van der Waals surface area contributed by atoms with Gasteiger partial charge < -0.3 is 0 Å². The molecule has 1 aliphatic carbocycles. The van der Waals surface area contributed by atoms with Gasteiger partial charge in [0.05, 0.1) is 4.92 Å². The molecule has 0 saturated heterocycles. The number of nitrogens with zero attached hydrogens (tertiary/aromatic N) is 1. The summed E-state index contributed by atoms with van der Waals surface area (Å²) < 4.78 is 0. The Kier molecular flexibility index (Phi) is 6.05. The van der Waals surface area contributed by atoms with E-state index in [1.807, 2.05) is 6.08 Å². The van der Waals surface area contributed by atoms with Crippen LogP contribution in [0.25, 0.3) is 0 Å². The standard InChI is InChI=1S/C12H21NO2/c14-13(15)12-10-8-6-4-2-1-3-5-7-9-11-12/h10H,1-9,11H2/b12-10+. The molecule has 0 N–H and O–H groups in total. The lowest BCUT2D eigenvalue weighted by Gasteiger charge is -2.04. The molecule has 0 saturated carbocycles. The topological polar surface area (TPSA) is 43.1 Å². The molecule has 0 aromatic carbocycles. The minimum Gasteiger partial charge on any atom is -0.259 e. The highest BCUT2D eigenvalue weighted by molar-refractivity contribution is 4.91. The number of hydrogen-bond donors (Lipinski definition) is 0. The maximum atomic E-state index is 10.7. The molecule has 0 spiro atoms. The molecule has 0 atom stereocenters. The van der Waals surface area contributed by atoms with E-state index in [1.165, 1.54) is 32.1 Å². The zero-order chi connectivity index (χ0) is 10.9. The van der Waals surface area contributed by atoms with Gasteiger partial charge in [-0.3, -0.25) is 10.1 Å². The lowest BCUT2D eigenvalue weighted by molar-refractivity contribution is -0.428. The third kappa shape index (κ3) is 5.55. The van der Waals surface area contributed by atoms with Crippen LogP contribution < -0.4 is 0 Å². The van der Waals surface area contributed by atoms with Gasteiger partial charge in [0, 0.05) is 6.42 Å². The highest BCUT2D eigenvalue weighted by atomic mass is 16.6. The van der Waals surface area contributed by atoms with E-state index in [0.29, 0.717) is 12.1 Å². The molecule has 0 unspecified atom stereocenters. The van der Waals surface area contributed by atoms with Crippen LogP contribution in [-0.2, 0) is 0 Å². The quantitative estimate of drug-likeness (QED) is 0.485. The number of rotatable bonds is 1. The van der Waals surface area contributed by atoms with E-state index in [9.17, 15) is 10.1 Å². The van der Waals surface area contributed by atoms with Gasteiger partial charge in [0.25, 0.3) is 0 Å². The SMILES string of the molecule is O=[N+]([O-])/C1=C/CCCCCCCCCC1. The third-order valence-corrected chi connectivity index (χ3v) is 3.00. The van der Waals surface area contributed by atoms with Crippen molar-refractivity contribution in [1.82, 2.24) is 0 Å². The third-order valence-electron chi connectivity index (χ3n) is 3.00. The van der Waals surface area contributed by atoms with Crippen LogP contribution >= 0.6 is 0 Å². The first kappa shape index (κ1) is 12.2. The molecule has 86 valence electrons. The fourth-order valence-electron chi connectivity index (χ4n) is 2.05. The fourth-order valence-corrected chi connectivity index (χ4v) is 2.05. The molecular weight excluding hydrogens is 190 g/mol. The Hall–Kier alpha value is -0.860. The lowest BCUT2D eigenvalue weighted by atomic mass is 10.0. The van der Waals surface area contributed by atoms with Crippen molar-refractivity contribution in [1.29, 1.82) is 0 Å². The maximum Gasteiger partial charge on any atom is 0.242 e. The Bertz CT molecular complexity index is 224. The summed E-state index contributed by atoms with van der Waals surface area (Å²) in [5.74, 6) is 0. The molecule has 0 aliphatic heterocycles. The molecule has 0 aromatic rings. The van der Waals surface area contributed by atoms with E-state index in [-0.39, 0.29) is 4.92 Å². The van der Waals surface area contributed by atoms with Crippen LogP contribution in [0.4, 0.5) is 0 Å². The van der Waals surface area contributed by atoms with E-state index in [2.05, 4.69) is 0 Å². The lowest BCUT2D eigenvalue weighted by Crippen LogP contribution is -1.99. The van der Waals surface area contributed by atoms with Gasteiger partial charge >= 0.3 is 0 Å². The van der Waals surface area contributed by atoms with Crippen molar-refractivity contribution in [2.24, 2.45) is 0 Å². The summed E-state index contributed by atoms with van der Waals surface area (Å²) in [5.41, 5.74) is 0.440. The van der Waals surface area contributed by atoms with E-state index in [4.69, 9.17) is 0 Å². The molecule has 0 fully saturated rings. The van der Waals surface area contributed by atoms with Crippen LogP contribution in [-0.4, -0.2) is 4.92 Å². The van der Waals surface area contributed by atoms with Crippen molar-refractivity contribution in [2.45, 2.75) is 64.2 Å². The molecule has 3 nitrogen and oxygen atoms in total. The van der Waals surface area contributed by atoms with E-state index < -0.39 is 0 Å². The van der Waals surface area contributed by atoms with E-state index >= 15 is 0 Å². The maximum absolute atomic E-state index is 10.7. The average Bonchev–Trinajstić information content (AvgIpc) is 2.18. The number of hydrogen-bond acceptors (Lipinski definition) is 2. The van der Waals surface area contributed by atoms with Crippen molar-refractivity contribution >= 4 is 0 Å². The Morgan fingerprint density at radius 1 is 0.933 bits per heavy atom. The summed E-state index contributed by atoms with van der Waals surface area (Å²) in [6.07, 6.45) is 13.0. The molecule has 0 heterocycles. The summed E-state index contributed by atoms with van der Waals surface area (Å²) in [4.78, 5) is 10.5. The molecule has 0 aromatic heterocycles. The molecule has 1 aliphatic rings. The summed E-state index contributed by atoms with van der Waals surface area (Å²) >= 11 is 0. The Morgan fingerprint density at radius 2 is 1.47 bits per heavy atom. The monoisotopic (exact) mass is 211 g/mol. The van der Waals surface area contributed by atoms with Crippen LogP contribution in [0, 0.1) is 10.1 Å². The smallest absolute Gasteiger partial charge is 0.242 e. The Labute approximate surface area is 91.7 Å². The van der Waals surface area contributed by atoms with Crippen LogP contribution in [0.2, 0.25) is 0 Å². The predicted molar refractivity (Wildman–Crippen MR) is 61.2 cm³/mol. The van der Waals surface area contributed by atoms with Gasteiger partial charge in [-0.15, -0.1) is 0 Å². The second kappa shape index (κ2) is 7.43. The molecule has 15 heavy (non-hydrogen) atoms. The Balaban J connectivity index is 2.42. The van der Waals surface area contributed by atoms with Gasteiger partial charge in [0.2, 0.25) is 5.70 Å². The zero-order valence-electron chi connectivity index (χ0n) is 9.41. The van der Waals surface area contributed by atoms with Gasteiger partial charge in [-0.25, -0.2) is 0 Å². The Morgan fingerprint density at radius 3 is 2.07 bits per heavy atom. The second-order valence-corrected chi connectivity index (χ2v) is 4.32. The van der Waals surface area contributed by atoms with Crippen LogP contribution in [0.5, 0.6) is 0 Å². The van der Waals surface area contributed by atoms with Gasteiger partial charge in [0.15, 0.2) is 0 Å². The van der Waals surface area contributed by atoms with Gasteiger partial charge in [0.1, 0.15) is 0 Å². The first-order valence-electron chi connectivity index (χ1n) is 6.14. The van der Waals surface area contributed by atoms with Gasteiger partial charge in [-0.1, -0.05) is 38.5 Å². The van der Waals surface area contributed by atoms with Crippen molar-refractivity contribution < 1.29 is 4.92 Å². The van der Waals surface area contributed by atoms with Crippen LogP contribution in [0.3, 0.4) is 0 Å². The largest absolute Gasteiger partial charge is 0.259 e. The number of nitro groups is 1. The van der Waals surface area contributed by atoms with Gasteiger partial charge in [-0.05, 0) is 25.3 Å². The fraction of sp³-hybridized carbons (Fsp3) is 0.833. The summed E-state index contributed by atoms with van der Waals surface area (Å²) in [6, 6.07) is 0. The normalized spacial score (nSPS) is 24.4. The average molecular weight is 211 g/mol. The number of allylic oxidation sites excluding steroid dienone is 2. The predicted octanol–water partition coefficient (Wildman–Crippen LogP) is 4.06. The molecule has 0 amide bonds. The minimum atomic E-state index is -0.203. The van der Waals surface area contributed by atoms with Crippen molar-refractivity contribution in [3.63, 3.8) is 0 Å². The minimum absolute atomic E-state index is 0.203. The second-order valence-electron chi connectivity index (χ2n) is 4.32.